The van der Waals surface area contributed by atoms with Gasteiger partial charge in [-0.2, -0.15) is 0 Å². The second-order valence-corrected chi connectivity index (χ2v) is 6.57. The van der Waals surface area contributed by atoms with Crippen molar-refractivity contribution in [2.24, 2.45) is 0 Å². The fraction of sp³-hybridized carbons (Fsp3) is 0.533. The van der Waals surface area contributed by atoms with E-state index in [1.54, 1.807) is 11.8 Å². The number of aliphatic hydroxyl groups is 1. The standard InChI is InChI=1S/C15H22O2S/c1-10-5-6-11(2)14(9-10)15(17)13(4)18-12(3)7-8-16/h5-6,9,12-13,16H,7-8H2,1-4H3. The topological polar surface area (TPSA) is 37.3 Å². The van der Waals surface area contributed by atoms with Crippen LogP contribution >= 0.6 is 11.8 Å². The quantitative estimate of drug-likeness (QED) is 0.802. The molecule has 0 spiro atoms. The average molecular weight is 266 g/mol. The molecule has 0 aliphatic heterocycles. The van der Waals surface area contributed by atoms with Gasteiger partial charge in [-0.05, 0) is 38.8 Å². The number of rotatable bonds is 6. The molecule has 0 fully saturated rings. The van der Waals surface area contributed by atoms with Crippen LogP contribution in [0.4, 0.5) is 0 Å². The molecule has 1 N–H and O–H groups in total. The third kappa shape index (κ3) is 4.14. The molecule has 1 rings (SSSR count). The maximum absolute atomic E-state index is 12.4. The van der Waals surface area contributed by atoms with Crippen molar-refractivity contribution in [1.29, 1.82) is 0 Å². The molecule has 18 heavy (non-hydrogen) atoms. The smallest absolute Gasteiger partial charge is 0.175 e. The van der Waals surface area contributed by atoms with Gasteiger partial charge < -0.3 is 5.11 Å². The average Bonchev–Trinajstić information content (AvgIpc) is 2.31. The SMILES string of the molecule is Cc1ccc(C)c(C(=O)C(C)SC(C)CCO)c1. The number of hydrogen-bond acceptors (Lipinski definition) is 3. The molecule has 0 aromatic heterocycles. The fourth-order valence-corrected chi connectivity index (χ4v) is 3.07. The first-order valence-corrected chi connectivity index (χ1v) is 7.27. The Morgan fingerprint density at radius 2 is 2.00 bits per heavy atom. The Bertz CT molecular complexity index is 415. The lowest BCUT2D eigenvalue weighted by molar-refractivity contribution is 0.0993. The number of aryl methyl sites for hydroxylation is 2. The maximum atomic E-state index is 12.4. The first-order chi connectivity index (χ1) is 8.45. The minimum absolute atomic E-state index is 0.0629. The van der Waals surface area contributed by atoms with Crippen LogP contribution in [-0.4, -0.2) is 28.0 Å². The van der Waals surface area contributed by atoms with Crippen molar-refractivity contribution in [3.8, 4) is 0 Å². The monoisotopic (exact) mass is 266 g/mol. The van der Waals surface area contributed by atoms with Gasteiger partial charge in [-0.3, -0.25) is 4.79 Å². The molecule has 0 amide bonds. The van der Waals surface area contributed by atoms with Gasteiger partial charge in [0.25, 0.3) is 0 Å². The van der Waals surface area contributed by atoms with Crippen LogP contribution in [0.1, 0.15) is 41.8 Å². The predicted molar refractivity (Wildman–Crippen MR) is 78.5 cm³/mol. The molecule has 0 aliphatic rings. The summed E-state index contributed by atoms with van der Waals surface area (Å²) in [5.41, 5.74) is 2.98. The lowest BCUT2D eigenvalue weighted by atomic mass is 10.0. The normalized spacial score (nSPS) is 14.3. The summed E-state index contributed by atoms with van der Waals surface area (Å²) in [5, 5.41) is 9.13. The first kappa shape index (κ1) is 15.3. The summed E-state index contributed by atoms with van der Waals surface area (Å²) >= 11 is 1.63. The minimum Gasteiger partial charge on any atom is -0.396 e. The number of benzene rings is 1. The number of carbonyl (C=O) groups is 1. The lowest BCUT2D eigenvalue weighted by Crippen LogP contribution is -2.18. The van der Waals surface area contributed by atoms with Gasteiger partial charge in [0.2, 0.25) is 0 Å². The Morgan fingerprint density at radius 3 is 2.61 bits per heavy atom. The van der Waals surface area contributed by atoms with Gasteiger partial charge >= 0.3 is 0 Å². The van der Waals surface area contributed by atoms with Crippen molar-refractivity contribution in [2.45, 2.75) is 44.6 Å². The van der Waals surface area contributed by atoms with Crippen molar-refractivity contribution in [3.63, 3.8) is 0 Å². The van der Waals surface area contributed by atoms with E-state index in [4.69, 9.17) is 5.11 Å². The molecule has 0 aliphatic carbocycles. The summed E-state index contributed by atoms with van der Waals surface area (Å²) in [5.74, 6) is 0.186. The second kappa shape index (κ2) is 6.95. The second-order valence-electron chi connectivity index (χ2n) is 4.78. The number of hydrogen-bond donors (Lipinski definition) is 1. The predicted octanol–water partition coefficient (Wildman–Crippen LogP) is 3.38. The van der Waals surface area contributed by atoms with Gasteiger partial charge in [-0.25, -0.2) is 0 Å². The van der Waals surface area contributed by atoms with E-state index in [0.29, 0.717) is 5.25 Å². The van der Waals surface area contributed by atoms with Crippen LogP contribution in [0.2, 0.25) is 0 Å². The van der Waals surface area contributed by atoms with Crippen LogP contribution in [0, 0.1) is 13.8 Å². The Balaban J connectivity index is 2.77. The van der Waals surface area contributed by atoms with Crippen LogP contribution in [-0.2, 0) is 0 Å². The summed E-state index contributed by atoms with van der Waals surface area (Å²) < 4.78 is 0. The maximum Gasteiger partial charge on any atom is 0.175 e. The highest BCUT2D eigenvalue weighted by Crippen LogP contribution is 2.24. The van der Waals surface area contributed by atoms with E-state index in [-0.39, 0.29) is 17.6 Å². The summed E-state index contributed by atoms with van der Waals surface area (Å²) in [6.07, 6.45) is 0.731. The molecule has 2 unspecified atom stereocenters. The molecule has 0 radical (unpaired) electrons. The van der Waals surface area contributed by atoms with Crippen LogP contribution in [0.15, 0.2) is 18.2 Å². The Hall–Kier alpha value is -0.800. The van der Waals surface area contributed by atoms with E-state index in [1.807, 2.05) is 45.9 Å². The highest BCUT2D eigenvalue weighted by atomic mass is 32.2. The molecule has 0 saturated carbocycles. The van der Waals surface area contributed by atoms with E-state index in [0.717, 1.165) is 23.1 Å². The van der Waals surface area contributed by atoms with Gasteiger partial charge in [0.15, 0.2) is 5.78 Å². The third-order valence-corrected chi connectivity index (χ3v) is 4.32. The number of Topliss-reactive ketones (excluding diaryl/α,β-unsaturated/α-hetero) is 1. The molecular formula is C15H22O2S. The molecular weight excluding hydrogens is 244 g/mol. The number of aliphatic hydroxyl groups excluding tert-OH is 1. The number of ketones is 1. The molecule has 3 heteroatoms. The molecule has 2 atom stereocenters. The number of carbonyl (C=O) groups excluding carboxylic acids is 1. The van der Waals surface area contributed by atoms with Crippen molar-refractivity contribution in [2.75, 3.05) is 6.61 Å². The van der Waals surface area contributed by atoms with Crippen LogP contribution in [0.25, 0.3) is 0 Å². The Morgan fingerprint density at radius 1 is 1.33 bits per heavy atom. The molecule has 0 bridgehead atoms. The number of thioether (sulfide) groups is 1. The van der Waals surface area contributed by atoms with Gasteiger partial charge in [0.1, 0.15) is 0 Å². The Kier molecular flexibility index (Phi) is 5.89. The minimum atomic E-state index is -0.0629. The van der Waals surface area contributed by atoms with Gasteiger partial charge in [0, 0.05) is 17.4 Å². The van der Waals surface area contributed by atoms with Crippen LogP contribution in [0.5, 0.6) is 0 Å². The van der Waals surface area contributed by atoms with Gasteiger partial charge in [-0.1, -0.05) is 24.6 Å². The van der Waals surface area contributed by atoms with Crippen molar-refractivity contribution < 1.29 is 9.90 Å². The van der Waals surface area contributed by atoms with E-state index >= 15 is 0 Å². The van der Waals surface area contributed by atoms with Crippen molar-refractivity contribution >= 4 is 17.5 Å². The van der Waals surface area contributed by atoms with E-state index in [2.05, 4.69) is 0 Å². The van der Waals surface area contributed by atoms with Gasteiger partial charge in [0.05, 0.1) is 5.25 Å². The Labute approximate surface area is 114 Å². The summed E-state index contributed by atoms with van der Waals surface area (Å²) in [6, 6.07) is 5.99. The summed E-state index contributed by atoms with van der Waals surface area (Å²) in [6.45, 7) is 8.15. The fourth-order valence-electron chi connectivity index (χ4n) is 1.88. The summed E-state index contributed by atoms with van der Waals surface area (Å²) in [7, 11) is 0. The molecule has 0 heterocycles. The lowest BCUT2D eigenvalue weighted by Gasteiger charge is -2.16. The van der Waals surface area contributed by atoms with E-state index in [1.165, 1.54) is 0 Å². The third-order valence-electron chi connectivity index (χ3n) is 3.00. The zero-order valence-electron chi connectivity index (χ0n) is 11.6. The molecule has 0 saturated heterocycles. The molecule has 2 nitrogen and oxygen atoms in total. The van der Waals surface area contributed by atoms with Gasteiger partial charge in [-0.15, -0.1) is 11.8 Å². The van der Waals surface area contributed by atoms with E-state index in [9.17, 15) is 4.79 Å². The molecule has 1 aromatic rings. The highest BCUT2D eigenvalue weighted by Gasteiger charge is 2.19. The first-order valence-electron chi connectivity index (χ1n) is 6.33. The largest absolute Gasteiger partial charge is 0.396 e. The van der Waals surface area contributed by atoms with Crippen molar-refractivity contribution in [1.82, 2.24) is 0 Å². The zero-order chi connectivity index (χ0) is 13.7. The zero-order valence-corrected chi connectivity index (χ0v) is 12.4. The highest BCUT2D eigenvalue weighted by molar-refractivity contribution is 8.01. The van der Waals surface area contributed by atoms with Crippen molar-refractivity contribution in [3.05, 3.63) is 34.9 Å². The van der Waals surface area contributed by atoms with E-state index < -0.39 is 0 Å². The van der Waals surface area contributed by atoms with Crippen LogP contribution < -0.4 is 0 Å². The molecule has 100 valence electrons. The molecule has 1 aromatic carbocycles. The summed E-state index contributed by atoms with van der Waals surface area (Å²) in [4.78, 5) is 12.4. The van der Waals surface area contributed by atoms with Crippen LogP contribution in [0.3, 0.4) is 0 Å².